The molecule has 6 heteroatoms. The second kappa shape index (κ2) is 7.64. The third-order valence-corrected chi connectivity index (χ3v) is 4.04. The van der Waals surface area contributed by atoms with Gasteiger partial charge in [-0.05, 0) is 55.3 Å². The van der Waals surface area contributed by atoms with Gasteiger partial charge in [-0.15, -0.1) is 0 Å². The number of amides is 1. The summed E-state index contributed by atoms with van der Waals surface area (Å²) in [5.41, 5.74) is 0.907. The van der Waals surface area contributed by atoms with E-state index in [1.54, 1.807) is 24.3 Å². The van der Waals surface area contributed by atoms with E-state index in [2.05, 4.69) is 5.32 Å². The maximum atomic E-state index is 13.1. The van der Waals surface area contributed by atoms with Gasteiger partial charge >= 0.3 is 0 Å². The van der Waals surface area contributed by atoms with Crippen LogP contribution < -0.4 is 10.1 Å². The fourth-order valence-corrected chi connectivity index (χ4v) is 2.63. The molecule has 24 heavy (non-hydrogen) atoms. The molecule has 0 aromatic heterocycles. The first-order valence-electron chi connectivity index (χ1n) is 7.73. The van der Waals surface area contributed by atoms with Crippen LogP contribution in [0.5, 0.6) is 5.75 Å². The van der Waals surface area contributed by atoms with Crippen molar-refractivity contribution in [3.8, 4) is 5.75 Å². The summed E-state index contributed by atoms with van der Waals surface area (Å²) in [6.45, 7) is 1.31. The van der Waals surface area contributed by atoms with Gasteiger partial charge in [0.15, 0.2) is 0 Å². The van der Waals surface area contributed by atoms with E-state index in [0.717, 1.165) is 19.4 Å². The van der Waals surface area contributed by atoms with Gasteiger partial charge in [0.2, 0.25) is 0 Å². The Morgan fingerprint density at radius 3 is 2.75 bits per heavy atom. The van der Waals surface area contributed by atoms with E-state index < -0.39 is 5.82 Å². The smallest absolute Gasteiger partial charge is 0.255 e. The van der Waals surface area contributed by atoms with Gasteiger partial charge in [-0.3, -0.25) is 4.79 Å². The first-order valence-corrected chi connectivity index (χ1v) is 8.10. The van der Waals surface area contributed by atoms with Gasteiger partial charge in [-0.1, -0.05) is 11.6 Å². The van der Waals surface area contributed by atoms with Crippen molar-refractivity contribution in [3.05, 3.63) is 58.9 Å². The van der Waals surface area contributed by atoms with Gasteiger partial charge in [-0.25, -0.2) is 4.39 Å². The average Bonchev–Trinajstić information content (AvgIpc) is 3.10. The van der Waals surface area contributed by atoms with Gasteiger partial charge < -0.3 is 14.8 Å². The Balaban J connectivity index is 1.57. The lowest BCUT2D eigenvalue weighted by Gasteiger charge is -2.12. The predicted molar refractivity (Wildman–Crippen MR) is 90.3 cm³/mol. The minimum absolute atomic E-state index is 0.0364. The van der Waals surface area contributed by atoms with Crippen LogP contribution in [0.4, 0.5) is 10.1 Å². The molecule has 0 radical (unpaired) electrons. The molecule has 4 nitrogen and oxygen atoms in total. The van der Waals surface area contributed by atoms with Crippen LogP contribution in [0.1, 0.15) is 23.2 Å². The molecule has 1 atom stereocenters. The van der Waals surface area contributed by atoms with E-state index in [9.17, 15) is 9.18 Å². The van der Waals surface area contributed by atoms with Gasteiger partial charge in [0.05, 0.1) is 11.1 Å². The topological polar surface area (TPSA) is 47.6 Å². The summed E-state index contributed by atoms with van der Waals surface area (Å²) in [5, 5.41) is 2.64. The molecule has 1 aliphatic rings. The monoisotopic (exact) mass is 349 g/mol. The summed E-state index contributed by atoms with van der Waals surface area (Å²) in [6.07, 6.45) is 2.23. The first kappa shape index (κ1) is 16.7. The summed E-state index contributed by atoms with van der Waals surface area (Å²) in [5.74, 6) is -0.141. The maximum Gasteiger partial charge on any atom is 0.255 e. The molecule has 1 saturated heterocycles. The second-order valence-electron chi connectivity index (χ2n) is 5.55. The van der Waals surface area contributed by atoms with Gasteiger partial charge in [0, 0.05) is 17.9 Å². The zero-order chi connectivity index (χ0) is 16.9. The first-order chi connectivity index (χ1) is 11.6. The van der Waals surface area contributed by atoms with Crippen molar-refractivity contribution in [1.82, 2.24) is 0 Å². The summed E-state index contributed by atoms with van der Waals surface area (Å²) >= 11 is 5.70. The number of carbonyl (C=O) groups is 1. The molecular weight excluding hydrogens is 333 g/mol. The molecular formula is C18H17ClFNO3. The van der Waals surface area contributed by atoms with Crippen molar-refractivity contribution in [3.63, 3.8) is 0 Å². The third kappa shape index (κ3) is 4.24. The molecule has 126 valence electrons. The Bertz CT molecular complexity index is 715. The van der Waals surface area contributed by atoms with Crippen LogP contribution in [0.15, 0.2) is 42.5 Å². The van der Waals surface area contributed by atoms with Crippen LogP contribution in [-0.4, -0.2) is 25.2 Å². The summed E-state index contributed by atoms with van der Waals surface area (Å²) in [6, 6.07) is 10.9. The second-order valence-corrected chi connectivity index (χ2v) is 5.96. The van der Waals surface area contributed by atoms with Crippen LogP contribution in [0.3, 0.4) is 0 Å². The SMILES string of the molecule is O=C(Nc1ccc(F)c(Cl)c1)c1ccc(OCC2CCCO2)cc1. The Kier molecular flexibility index (Phi) is 5.33. The highest BCUT2D eigenvalue weighted by molar-refractivity contribution is 6.31. The lowest BCUT2D eigenvalue weighted by Crippen LogP contribution is -2.16. The number of ether oxygens (including phenoxy) is 2. The van der Waals surface area contributed by atoms with Crippen molar-refractivity contribution in [2.24, 2.45) is 0 Å². The van der Waals surface area contributed by atoms with Crippen LogP contribution in [0.25, 0.3) is 0 Å². The maximum absolute atomic E-state index is 13.1. The molecule has 0 aliphatic carbocycles. The van der Waals surface area contributed by atoms with E-state index in [1.165, 1.54) is 18.2 Å². The van der Waals surface area contributed by atoms with E-state index in [1.807, 2.05) is 0 Å². The highest BCUT2D eigenvalue weighted by Crippen LogP contribution is 2.21. The van der Waals surface area contributed by atoms with E-state index in [4.69, 9.17) is 21.1 Å². The lowest BCUT2D eigenvalue weighted by molar-refractivity contribution is 0.0679. The highest BCUT2D eigenvalue weighted by Gasteiger charge is 2.16. The van der Waals surface area contributed by atoms with Crippen molar-refractivity contribution in [1.29, 1.82) is 0 Å². The minimum atomic E-state index is -0.526. The van der Waals surface area contributed by atoms with Crippen molar-refractivity contribution in [2.75, 3.05) is 18.5 Å². The fourth-order valence-electron chi connectivity index (χ4n) is 2.44. The number of rotatable bonds is 5. The molecule has 1 aliphatic heterocycles. The number of carbonyl (C=O) groups excluding carboxylic acids is 1. The Morgan fingerprint density at radius 1 is 1.29 bits per heavy atom. The van der Waals surface area contributed by atoms with Crippen molar-refractivity contribution in [2.45, 2.75) is 18.9 Å². The molecule has 1 heterocycles. The number of hydrogen-bond acceptors (Lipinski definition) is 3. The molecule has 0 saturated carbocycles. The summed E-state index contributed by atoms with van der Waals surface area (Å²) < 4.78 is 24.3. The Morgan fingerprint density at radius 2 is 2.08 bits per heavy atom. The normalized spacial score (nSPS) is 16.8. The average molecular weight is 350 g/mol. The van der Waals surface area contributed by atoms with E-state index in [-0.39, 0.29) is 17.0 Å². The molecule has 1 N–H and O–H groups in total. The number of hydrogen-bond donors (Lipinski definition) is 1. The van der Waals surface area contributed by atoms with Gasteiger partial charge in [0.1, 0.15) is 18.2 Å². The minimum Gasteiger partial charge on any atom is -0.491 e. The Hall–Kier alpha value is -2.11. The lowest BCUT2D eigenvalue weighted by atomic mass is 10.2. The molecule has 3 rings (SSSR count). The zero-order valence-corrected chi connectivity index (χ0v) is 13.7. The number of anilines is 1. The van der Waals surface area contributed by atoms with Crippen LogP contribution in [0, 0.1) is 5.82 Å². The molecule has 0 spiro atoms. The van der Waals surface area contributed by atoms with Crippen LogP contribution >= 0.6 is 11.6 Å². The van der Waals surface area contributed by atoms with E-state index >= 15 is 0 Å². The summed E-state index contributed by atoms with van der Waals surface area (Å²) in [4.78, 5) is 12.2. The number of halogens is 2. The van der Waals surface area contributed by atoms with Crippen LogP contribution in [0.2, 0.25) is 5.02 Å². The number of nitrogens with one attached hydrogen (secondary N) is 1. The quantitative estimate of drug-likeness (QED) is 0.876. The molecule has 1 unspecified atom stereocenters. The molecule has 1 fully saturated rings. The van der Waals surface area contributed by atoms with Crippen LogP contribution in [-0.2, 0) is 4.74 Å². The van der Waals surface area contributed by atoms with E-state index in [0.29, 0.717) is 23.6 Å². The zero-order valence-electron chi connectivity index (χ0n) is 12.9. The molecule has 2 aromatic carbocycles. The largest absolute Gasteiger partial charge is 0.491 e. The van der Waals surface area contributed by atoms with Crippen molar-refractivity contribution >= 4 is 23.2 Å². The summed E-state index contributed by atoms with van der Waals surface area (Å²) in [7, 11) is 0. The van der Waals surface area contributed by atoms with Gasteiger partial charge in [-0.2, -0.15) is 0 Å². The molecule has 0 bridgehead atoms. The highest BCUT2D eigenvalue weighted by atomic mass is 35.5. The molecule has 2 aromatic rings. The van der Waals surface area contributed by atoms with Gasteiger partial charge in [0.25, 0.3) is 5.91 Å². The third-order valence-electron chi connectivity index (χ3n) is 3.75. The standard InChI is InChI=1S/C18H17ClFNO3/c19-16-10-13(5-8-17(16)20)21-18(22)12-3-6-14(7-4-12)24-11-15-2-1-9-23-15/h3-8,10,15H,1-2,9,11H2,(H,21,22). The Labute approximate surface area is 144 Å². The fraction of sp³-hybridized carbons (Fsp3) is 0.278. The molecule has 1 amide bonds. The van der Waals surface area contributed by atoms with Crippen molar-refractivity contribution < 1.29 is 18.7 Å². The predicted octanol–water partition coefficient (Wildman–Crippen LogP) is 4.29. The number of benzene rings is 2.